The van der Waals surface area contributed by atoms with Gasteiger partial charge in [-0.1, -0.05) is 43.7 Å². The number of rotatable bonds is 5. The van der Waals surface area contributed by atoms with Crippen LogP contribution in [0.25, 0.3) is 5.69 Å². The Hall–Kier alpha value is -3.08. The van der Waals surface area contributed by atoms with E-state index >= 15 is 0 Å². The van der Waals surface area contributed by atoms with Crippen LogP contribution >= 0.6 is 0 Å². The van der Waals surface area contributed by atoms with Gasteiger partial charge in [0.15, 0.2) is 0 Å². The van der Waals surface area contributed by atoms with Crippen LogP contribution in [0.4, 0.5) is 11.4 Å². The number of aromatic nitrogens is 2. The number of anilines is 1. The third-order valence-corrected chi connectivity index (χ3v) is 4.05. The van der Waals surface area contributed by atoms with Crippen LogP contribution in [0.1, 0.15) is 31.0 Å². The average molecular weight is 334 g/mol. The quantitative estimate of drug-likeness (QED) is 0.547. The maximum absolute atomic E-state index is 13.0. The second kappa shape index (κ2) is 7.21. The summed E-state index contributed by atoms with van der Waals surface area (Å²) in [4.78, 5) is 17.7. The summed E-state index contributed by atoms with van der Waals surface area (Å²) < 4.78 is 1.56. The van der Waals surface area contributed by atoms with Gasteiger partial charge in [-0.25, -0.2) is 4.68 Å². The Morgan fingerprint density at radius 1 is 1.12 bits per heavy atom. The Labute approximate surface area is 146 Å². The van der Waals surface area contributed by atoms with Crippen molar-refractivity contribution >= 4 is 17.1 Å². The lowest BCUT2D eigenvalue weighted by atomic mass is 10.1. The molecule has 1 aromatic heterocycles. The van der Waals surface area contributed by atoms with E-state index < -0.39 is 0 Å². The molecule has 0 amide bonds. The van der Waals surface area contributed by atoms with Crippen molar-refractivity contribution in [2.75, 3.05) is 5.73 Å². The van der Waals surface area contributed by atoms with E-state index in [2.05, 4.69) is 12.0 Å². The lowest BCUT2D eigenvalue weighted by Crippen LogP contribution is -2.20. The van der Waals surface area contributed by atoms with Gasteiger partial charge in [-0.05, 0) is 37.6 Å². The molecule has 0 atom stereocenters. The molecule has 0 aliphatic heterocycles. The van der Waals surface area contributed by atoms with E-state index in [4.69, 9.17) is 10.7 Å². The maximum Gasteiger partial charge on any atom is 0.280 e. The molecule has 3 rings (SSSR count). The number of aliphatic imine (C=N–C) groups is 1. The molecule has 0 unspecified atom stereocenters. The zero-order valence-electron chi connectivity index (χ0n) is 14.5. The molecule has 0 aliphatic carbocycles. The number of H-pyrrole nitrogens is 1. The van der Waals surface area contributed by atoms with Crippen molar-refractivity contribution in [3.63, 3.8) is 0 Å². The highest BCUT2D eigenvalue weighted by molar-refractivity contribution is 6.03. The average Bonchev–Trinajstić information content (AvgIpc) is 2.92. The summed E-state index contributed by atoms with van der Waals surface area (Å²) in [5.74, 6) is 0. The summed E-state index contributed by atoms with van der Waals surface area (Å²) in [6.07, 6.45) is 1.60. The minimum Gasteiger partial charge on any atom is -0.397 e. The van der Waals surface area contributed by atoms with Crippen LogP contribution in [0, 0.1) is 6.92 Å². The number of aryl methyl sites for hydroxylation is 1. The van der Waals surface area contributed by atoms with Crippen molar-refractivity contribution in [2.24, 2.45) is 4.99 Å². The molecule has 0 bridgehead atoms. The lowest BCUT2D eigenvalue weighted by molar-refractivity contribution is 0.835. The number of para-hydroxylation sites is 3. The molecule has 5 heteroatoms. The summed E-state index contributed by atoms with van der Waals surface area (Å²) in [5, 5.41) is 3.16. The van der Waals surface area contributed by atoms with Crippen molar-refractivity contribution < 1.29 is 0 Å². The smallest absolute Gasteiger partial charge is 0.280 e. The number of hydrogen-bond acceptors (Lipinski definition) is 3. The summed E-state index contributed by atoms with van der Waals surface area (Å²) in [7, 11) is 0. The predicted octanol–water partition coefficient (Wildman–Crippen LogP) is 3.98. The SMILES string of the molecule is CCCC(=Nc1ccccc1N)c1c(C)[nH]n(-c2ccccc2)c1=O. The molecular weight excluding hydrogens is 312 g/mol. The molecule has 0 aliphatic rings. The zero-order chi connectivity index (χ0) is 17.8. The second-order valence-electron chi connectivity index (χ2n) is 5.96. The topological polar surface area (TPSA) is 76.2 Å². The third kappa shape index (κ3) is 3.40. The van der Waals surface area contributed by atoms with E-state index in [0.717, 1.165) is 23.5 Å². The number of nitrogens with one attached hydrogen (secondary N) is 1. The number of nitrogen functional groups attached to an aromatic ring is 1. The molecule has 3 aromatic rings. The summed E-state index contributed by atoms with van der Waals surface area (Å²) in [5.41, 5.74) is 10.2. The van der Waals surface area contributed by atoms with E-state index in [9.17, 15) is 4.79 Å². The molecule has 0 saturated carbocycles. The first-order valence-electron chi connectivity index (χ1n) is 8.41. The number of nitrogens with two attached hydrogens (primary N) is 1. The van der Waals surface area contributed by atoms with Gasteiger partial charge in [-0.3, -0.25) is 14.9 Å². The number of benzene rings is 2. The number of nitrogens with zero attached hydrogens (tertiary/aromatic N) is 2. The van der Waals surface area contributed by atoms with E-state index in [1.54, 1.807) is 4.68 Å². The number of hydrogen-bond donors (Lipinski definition) is 2. The second-order valence-corrected chi connectivity index (χ2v) is 5.96. The molecule has 1 heterocycles. The molecule has 0 fully saturated rings. The zero-order valence-corrected chi connectivity index (χ0v) is 14.5. The molecule has 25 heavy (non-hydrogen) atoms. The maximum atomic E-state index is 13.0. The minimum absolute atomic E-state index is 0.0922. The molecule has 5 nitrogen and oxygen atoms in total. The van der Waals surface area contributed by atoms with Crippen molar-refractivity contribution in [1.82, 2.24) is 9.78 Å². The van der Waals surface area contributed by atoms with E-state index in [-0.39, 0.29) is 5.56 Å². The van der Waals surface area contributed by atoms with Gasteiger partial charge in [0.05, 0.1) is 28.3 Å². The Morgan fingerprint density at radius 2 is 1.80 bits per heavy atom. The summed E-state index contributed by atoms with van der Waals surface area (Å²) in [6.45, 7) is 3.97. The standard InChI is InChI=1S/C20H22N4O/c1-3-9-18(22-17-13-8-7-12-16(17)21)19-14(2)23-24(20(19)25)15-10-5-4-6-11-15/h4-8,10-13,23H,3,9,21H2,1-2H3. The fourth-order valence-corrected chi connectivity index (χ4v) is 2.85. The van der Waals surface area contributed by atoms with Gasteiger partial charge in [-0.15, -0.1) is 0 Å². The first-order valence-corrected chi connectivity index (χ1v) is 8.41. The van der Waals surface area contributed by atoms with Gasteiger partial charge < -0.3 is 5.73 Å². The summed E-state index contributed by atoms with van der Waals surface area (Å²) in [6, 6.07) is 17.0. The van der Waals surface area contributed by atoms with E-state index in [1.165, 1.54) is 0 Å². The number of aromatic amines is 1. The van der Waals surface area contributed by atoms with Crippen molar-refractivity contribution in [2.45, 2.75) is 26.7 Å². The van der Waals surface area contributed by atoms with Gasteiger partial charge in [-0.2, -0.15) is 0 Å². The molecular formula is C20H22N4O. The van der Waals surface area contributed by atoms with Crippen LogP contribution in [0.5, 0.6) is 0 Å². The third-order valence-electron chi connectivity index (χ3n) is 4.05. The molecule has 2 aromatic carbocycles. The van der Waals surface area contributed by atoms with E-state index in [1.807, 2.05) is 61.5 Å². The van der Waals surface area contributed by atoms with Gasteiger partial charge in [0.1, 0.15) is 0 Å². The Balaban J connectivity index is 2.14. The van der Waals surface area contributed by atoms with Crippen LogP contribution in [-0.4, -0.2) is 15.5 Å². The largest absolute Gasteiger partial charge is 0.397 e. The van der Waals surface area contributed by atoms with Gasteiger partial charge in [0, 0.05) is 5.69 Å². The van der Waals surface area contributed by atoms with Gasteiger partial charge >= 0.3 is 0 Å². The van der Waals surface area contributed by atoms with Crippen LogP contribution in [0.15, 0.2) is 64.4 Å². The highest BCUT2D eigenvalue weighted by atomic mass is 16.1. The molecule has 0 spiro atoms. The van der Waals surface area contributed by atoms with Gasteiger partial charge in [0.2, 0.25) is 0 Å². The Bertz CT molecular complexity index is 951. The molecule has 128 valence electrons. The van der Waals surface area contributed by atoms with Crippen LogP contribution in [0.2, 0.25) is 0 Å². The van der Waals surface area contributed by atoms with Crippen LogP contribution in [0.3, 0.4) is 0 Å². The monoisotopic (exact) mass is 334 g/mol. The molecule has 3 N–H and O–H groups in total. The van der Waals surface area contributed by atoms with Crippen molar-refractivity contribution in [3.8, 4) is 5.69 Å². The van der Waals surface area contributed by atoms with Crippen molar-refractivity contribution in [3.05, 3.63) is 76.2 Å². The van der Waals surface area contributed by atoms with E-state index in [0.29, 0.717) is 23.4 Å². The first kappa shape index (κ1) is 16.8. The Kier molecular flexibility index (Phi) is 4.84. The highest BCUT2D eigenvalue weighted by Crippen LogP contribution is 2.23. The lowest BCUT2D eigenvalue weighted by Gasteiger charge is -2.05. The van der Waals surface area contributed by atoms with Crippen LogP contribution in [-0.2, 0) is 0 Å². The fourth-order valence-electron chi connectivity index (χ4n) is 2.85. The highest BCUT2D eigenvalue weighted by Gasteiger charge is 2.17. The Morgan fingerprint density at radius 3 is 2.48 bits per heavy atom. The van der Waals surface area contributed by atoms with Crippen molar-refractivity contribution in [1.29, 1.82) is 0 Å². The predicted molar refractivity (Wildman–Crippen MR) is 103 cm³/mol. The molecule has 0 radical (unpaired) electrons. The molecule has 0 saturated heterocycles. The fraction of sp³-hybridized carbons (Fsp3) is 0.200. The minimum atomic E-state index is -0.0922. The van der Waals surface area contributed by atoms with Crippen LogP contribution < -0.4 is 11.3 Å². The normalized spacial score (nSPS) is 11.7. The van der Waals surface area contributed by atoms with Gasteiger partial charge in [0.25, 0.3) is 5.56 Å². The summed E-state index contributed by atoms with van der Waals surface area (Å²) >= 11 is 0. The first-order chi connectivity index (χ1) is 12.1.